The van der Waals surface area contributed by atoms with E-state index in [0.717, 1.165) is 24.2 Å². The predicted octanol–water partition coefficient (Wildman–Crippen LogP) is 4.73. The molecule has 0 amide bonds. The molecule has 0 bridgehead atoms. The molecule has 0 aromatic carbocycles. The van der Waals surface area contributed by atoms with E-state index < -0.39 is 0 Å². The highest BCUT2D eigenvalue weighted by Gasteiger charge is 2.42. The average molecular weight is 236 g/mol. The summed E-state index contributed by atoms with van der Waals surface area (Å²) in [6.07, 6.45) is 23.1. The maximum atomic E-state index is 2.50. The molecule has 4 aliphatic carbocycles. The first-order chi connectivity index (χ1) is 8.95. The number of hydrogen-bond acceptors (Lipinski definition) is 0. The third-order valence-electron chi connectivity index (χ3n) is 5.15. The summed E-state index contributed by atoms with van der Waals surface area (Å²) in [5.74, 6) is 2.46. The number of allylic oxidation sites excluding steroid dienone is 10. The monoisotopic (exact) mass is 236 g/mol. The molecule has 0 radical (unpaired) electrons. The Morgan fingerprint density at radius 1 is 1.00 bits per heavy atom. The SMILES string of the molecule is C1=C/C=C2/CC=CC3C2=C(C=C1)C1CCCCC31. The maximum Gasteiger partial charge on any atom is 0.00578 e. The van der Waals surface area contributed by atoms with Gasteiger partial charge >= 0.3 is 0 Å². The largest absolute Gasteiger partial charge is 0.0835 e. The van der Waals surface area contributed by atoms with E-state index in [1.807, 2.05) is 0 Å². The van der Waals surface area contributed by atoms with Gasteiger partial charge in [-0.3, -0.25) is 0 Å². The molecule has 4 rings (SSSR count). The Balaban J connectivity index is 1.88. The Hall–Kier alpha value is -1.30. The van der Waals surface area contributed by atoms with Gasteiger partial charge in [0.2, 0.25) is 0 Å². The van der Waals surface area contributed by atoms with Crippen LogP contribution in [0.1, 0.15) is 32.1 Å². The van der Waals surface area contributed by atoms with E-state index in [9.17, 15) is 0 Å². The summed E-state index contributed by atoms with van der Waals surface area (Å²) in [5, 5.41) is 0. The zero-order valence-corrected chi connectivity index (χ0v) is 10.8. The minimum Gasteiger partial charge on any atom is -0.0835 e. The predicted molar refractivity (Wildman–Crippen MR) is 76.1 cm³/mol. The second-order valence-corrected chi connectivity index (χ2v) is 6.02. The van der Waals surface area contributed by atoms with Crippen molar-refractivity contribution < 1.29 is 0 Å². The summed E-state index contributed by atoms with van der Waals surface area (Å²) < 4.78 is 0. The summed E-state index contributed by atoms with van der Waals surface area (Å²) in [5.41, 5.74) is 4.94. The quantitative estimate of drug-likeness (QED) is 0.533. The van der Waals surface area contributed by atoms with Crippen LogP contribution in [-0.2, 0) is 0 Å². The highest BCUT2D eigenvalue weighted by molar-refractivity contribution is 5.54. The summed E-state index contributed by atoms with van der Waals surface area (Å²) in [6.45, 7) is 0. The van der Waals surface area contributed by atoms with E-state index in [1.54, 1.807) is 16.7 Å². The van der Waals surface area contributed by atoms with Crippen molar-refractivity contribution in [2.24, 2.45) is 17.8 Å². The Labute approximate surface area is 109 Å². The van der Waals surface area contributed by atoms with Gasteiger partial charge in [0.15, 0.2) is 0 Å². The van der Waals surface area contributed by atoms with Gasteiger partial charge < -0.3 is 0 Å². The number of fused-ring (bicyclic) bond motifs is 3. The van der Waals surface area contributed by atoms with Crippen LogP contribution in [0.25, 0.3) is 0 Å². The van der Waals surface area contributed by atoms with E-state index in [2.05, 4.69) is 42.5 Å². The first-order valence-corrected chi connectivity index (χ1v) is 7.40. The lowest BCUT2D eigenvalue weighted by Crippen LogP contribution is -2.21. The van der Waals surface area contributed by atoms with Crippen LogP contribution in [0.4, 0.5) is 0 Å². The molecular formula is C18H20. The first-order valence-electron chi connectivity index (χ1n) is 7.40. The summed E-state index contributed by atoms with van der Waals surface area (Å²) in [4.78, 5) is 0. The third-order valence-corrected chi connectivity index (χ3v) is 5.15. The van der Waals surface area contributed by atoms with Crippen LogP contribution in [0, 0.1) is 17.8 Å². The average Bonchev–Trinajstić information content (AvgIpc) is 2.70. The van der Waals surface area contributed by atoms with Gasteiger partial charge in [-0.25, -0.2) is 0 Å². The molecule has 3 unspecified atom stereocenters. The molecule has 3 atom stereocenters. The van der Waals surface area contributed by atoms with E-state index in [1.165, 1.54) is 25.7 Å². The Morgan fingerprint density at radius 2 is 1.94 bits per heavy atom. The summed E-state index contributed by atoms with van der Waals surface area (Å²) in [6, 6.07) is 0. The van der Waals surface area contributed by atoms with Crippen molar-refractivity contribution in [1.29, 1.82) is 0 Å². The fourth-order valence-corrected chi connectivity index (χ4v) is 4.44. The first kappa shape index (κ1) is 10.6. The minimum absolute atomic E-state index is 0.724. The van der Waals surface area contributed by atoms with Crippen LogP contribution < -0.4 is 0 Å². The Kier molecular flexibility index (Phi) is 2.43. The van der Waals surface area contributed by atoms with Gasteiger partial charge in [-0.2, -0.15) is 0 Å². The topological polar surface area (TPSA) is 0 Å². The number of hydrogen-bond donors (Lipinski definition) is 0. The standard InChI is InChI=1S/C18H20/c1-2-7-13-8-6-12-17-15-10-5-4-9-14(15)16(11-3-1)18(13)17/h1-3,6-7,11-12,14-15,17H,4-5,8-10H2/b2-1?,3-1?,7-2?,11-3?,13-7-,16-11?. The molecule has 92 valence electrons. The van der Waals surface area contributed by atoms with Gasteiger partial charge in [-0.05, 0) is 47.8 Å². The van der Waals surface area contributed by atoms with Crippen LogP contribution in [0.3, 0.4) is 0 Å². The third kappa shape index (κ3) is 1.44. The Morgan fingerprint density at radius 3 is 2.94 bits per heavy atom. The van der Waals surface area contributed by atoms with Crippen molar-refractivity contribution in [2.45, 2.75) is 32.1 Å². The molecule has 1 fully saturated rings. The van der Waals surface area contributed by atoms with Gasteiger partial charge in [-0.15, -0.1) is 0 Å². The normalized spacial score (nSPS) is 39.8. The molecule has 0 spiro atoms. The van der Waals surface area contributed by atoms with Gasteiger partial charge in [0.25, 0.3) is 0 Å². The van der Waals surface area contributed by atoms with Gasteiger partial charge in [0, 0.05) is 5.92 Å². The van der Waals surface area contributed by atoms with E-state index in [-0.39, 0.29) is 0 Å². The van der Waals surface area contributed by atoms with Crippen molar-refractivity contribution in [3.8, 4) is 0 Å². The summed E-state index contributed by atoms with van der Waals surface area (Å²) in [7, 11) is 0. The smallest absolute Gasteiger partial charge is 0.00578 e. The van der Waals surface area contributed by atoms with Crippen LogP contribution >= 0.6 is 0 Å². The van der Waals surface area contributed by atoms with Crippen molar-refractivity contribution in [2.75, 3.05) is 0 Å². The molecule has 0 aromatic rings. The molecule has 0 nitrogen and oxygen atoms in total. The van der Waals surface area contributed by atoms with Crippen molar-refractivity contribution in [3.05, 3.63) is 59.3 Å². The molecule has 0 aliphatic heterocycles. The maximum absolute atomic E-state index is 2.50. The van der Waals surface area contributed by atoms with E-state index >= 15 is 0 Å². The second-order valence-electron chi connectivity index (χ2n) is 6.02. The zero-order valence-electron chi connectivity index (χ0n) is 10.8. The van der Waals surface area contributed by atoms with Crippen molar-refractivity contribution in [3.63, 3.8) is 0 Å². The molecule has 18 heavy (non-hydrogen) atoms. The van der Waals surface area contributed by atoms with Crippen LogP contribution in [-0.4, -0.2) is 0 Å². The number of rotatable bonds is 0. The molecule has 4 aliphatic rings. The van der Waals surface area contributed by atoms with E-state index in [0.29, 0.717) is 0 Å². The van der Waals surface area contributed by atoms with Crippen LogP contribution in [0.2, 0.25) is 0 Å². The van der Waals surface area contributed by atoms with Crippen molar-refractivity contribution >= 4 is 0 Å². The lowest BCUT2D eigenvalue weighted by Gasteiger charge is -2.31. The van der Waals surface area contributed by atoms with E-state index in [4.69, 9.17) is 0 Å². The summed E-state index contributed by atoms with van der Waals surface area (Å²) >= 11 is 0. The molecular weight excluding hydrogens is 216 g/mol. The lowest BCUT2D eigenvalue weighted by molar-refractivity contribution is 0.262. The van der Waals surface area contributed by atoms with Crippen LogP contribution in [0.15, 0.2) is 59.3 Å². The fourth-order valence-electron chi connectivity index (χ4n) is 4.44. The highest BCUT2D eigenvalue weighted by atomic mass is 14.5. The van der Waals surface area contributed by atoms with Gasteiger partial charge in [0.1, 0.15) is 0 Å². The van der Waals surface area contributed by atoms with Gasteiger partial charge in [0.05, 0.1) is 0 Å². The highest BCUT2D eigenvalue weighted by Crippen LogP contribution is 2.54. The molecule has 0 N–H and O–H groups in total. The zero-order chi connectivity index (χ0) is 11.9. The lowest BCUT2D eigenvalue weighted by atomic mass is 9.74. The van der Waals surface area contributed by atoms with Crippen molar-refractivity contribution in [1.82, 2.24) is 0 Å². The molecule has 0 aromatic heterocycles. The van der Waals surface area contributed by atoms with Gasteiger partial charge in [-0.1, -0.05) is 55.4 Å². The van der Waals surface area contributed by atoms with Crippen LogP contribution in [0.5, 0.6) is 0 Å². The molecule has 0 heterocycles. The Bertz CT molecular complexity index is 510. The minimum atomic E-state index is 0.724. The second kappa shape index (κ2) is 4.12. The fraction of sp³-hybridized carbons (Fsp3) is 0.444. The molecule has 1 saturated carbocycles. The molecule has 0 saturated heterocycles. The molecule has 0 heteroatoms.